The molecule has 2 aromatic heterocycles. The lowest BCUT2D eigenvalue weighted by Gasteiger charge is -2.37. The molecule has 0 spiro atoms. The number of guanidine groups is 1. The second-order valence-electron chi connectivity index (χ2n) is 6.35. The molecule has 30 heavy (non-hydrogen) atoms. The van der Waals surface area contributed by atoms with Crippen LogP contribution < -0.4 is 15.5 Å². The fraction of sp³-hybridized carbons (Fsp3) is 0.500. The first-order valence-corrected chi connectivity index (χ1v) is 10.3. The fourth-order valence-electron chi connectivity index (χ4n) is 2.95. The first-order chi connectivity index (χ1) is 14.0. The van der Waals surface area contributed by atoms with E-state index in [2.05, 4.69) is 52.9 Å². The number of thiophene rings is 1. The summed E-state index contributed by atoms with van der Waals surface area (Å²) in [7, 11) is 0. The molecule has 1 fully saturated rings. The van der Waals surface area contributed by atoms with Gasteiger partial charge in [-0.05, 0) is 30.5 Å². The van der Waals surface area contributed by atoms with Crippen LogP contribution >= 0.6 is 35.3 Å². The average Bonchev–Trinajstić information content (AvgIpc) is 3.25. The van der Waals surface area contributed by atoms with Gasteiger partial charge in [-0.3, -0.25) is 4.99 Å². The Morgan fingerprint density at radius 3 is 2.63 bits per heavy atom. The zero-order chi connectivity index (χ0) is 20.7. The summed E-state index contributed by atoms with van der Waals surface area (Å²) in [6.45, 7) is 7.03. The summed E-state index contributed by atoms with van der Waals surface area (Å²) in [4.78, 5) is 16.5. The van der Waals surface area contributed by atoms with Crippen molar-refractivity contribution in [2.24, 2.45) is 4.99 Å². The van der Waals surface area contributed by atoms with Crippen molar-refractivity contribution >= 4 is 52.2 Å². The van der Waals surface area contributed by atoms with E-state index in [4.69, 9.17) is 0 Å². The molecule has 12 heteroatoms. The third-order valence-corrected chi connectivity index (χ3v) is 5.26. The first-order valence-electron chi connectivity index (χ1n) is 9.43. The number of nitrogens with zero attached hydrogens (tertiary/aromatic N) is 5. The first kappa shape index (κ1) is 24.4. The Bertz CT molecular complexity index is 793. The van der Waals surface area contributed by atoms with Crippen LogP contribution in [0.4, 0.5) is 24.1 Å². The van der Waals surface area contributed by atoms with E-state index < -0.39 is 11.9 Å². The molecule has 0 radical (unpaired) electrons. The van der Waals surface area contributed by atoms with E-state index in [9.17, 15) is 13.2 Å². The Kier molecular flexibility index (Phi) is 9.39. The summed E-state index contributed by atoms with van der Waals surface area (Å²) < 4.78 is 38.1. The third kappa shape index (κ3) is 6.86. The maximum atomic E-state index is 12.7. The van der Waals surface area contributed by atoms with Crippen LogP contribution in [-0.4, -0.2) is 66.6 Å². The molecular formula is C18H25F3IN7S. The van der Waals surface area contributed by atoms with Crippen LogP contribution in [0.3, 0.4) is 0 Å². The highest BCUT2D eigenvalue weighted by atomic mass is 127. The SMILES string of the molecule is CCNC(=NCCNc1nccc(C(F)(F)F)n1)N1CCN(c2cccs2)CC1.I. The van der Waals surface area contributed by atoms with Crippen molar-refractivity contribution < 1.29 is 13.2 Å². The van der Waals surface area contributed by atoms with Crippen LogP contribution in [0.25, 0.3) is 0 Å². The zero-order valence-corrected chi connectivity index (χ0v) is 19.7. The summed E-state index contributed by atoms with van der Waals surface area (Å²) in [5.41, 5.74) is -0.963. The summed E-state index contributed by atoms with van der Waals surface area (Å²) in [6.07, 6.45) is -3.39. The largest absolute Gasteiger partial charge is 0.433 e. The van der Waals surface area contributed by atoms with Crippen molar-refractivity contribution in [1.82, 2.24) is 20.2 Å². The van der Waals surface area contributed by atoms with Crippen molar-refractivity contribution in [3.63, 3.8) is 0 Å². The van der Waals surface area contributed by atoms with E-state index in [0.717, 1.165) is 50.9 Å². The number of halogens is 4. The zero-order valence-electron chi connectivity index (χ0n) is 16.5. The molecule has 0 amide bonds. The normalized spacial score (nSPS) is 15.0. The van der Waals surface area contributed by atoms with Gasteiger partial charge in [0.2, 0.25) is 5.95 Å². The Labute approximate surface area is 194 Å². The topological polar surface area (TPSA) is 68.7 Å². The summed E-state index contributed by atoms with van der Waals surface area (Å²) in [5.74, 6) is 0.759. The molecule has 0 aromatic carbocycles. The predicted octanol–water partition coefficient (Wildman–Crippen LogP) is 3.37. The molecule has 166 valence electrons. The lowest BCUT2D eigenvalue weighted by atomic mass is 10.3. The molecule has 1 aliphatic heterocycles. The quantitative estimate of drug-likeness (QED) is 0.247. The number of nitrogens with one attached hydrogen (secondary N) is 2. The molecule has 0 atom stereocenters. The molecule has 2 N–H and O–H groups in total. The van der Waals surface area contributed by atoms with Crippen molar-refractivity contribution in [1.29, 1.82) is 0 Å². The molecule has 2 aromatic rings. The number of anilines is 2. The minimum Gasteiger partial charge on any atom is -0.360 e. The van der Waals surface area contributed by atoms with E-state index in [1.807, 2.05) is 6.92 Å². The minimum absolute atomic E-state index is 0. The maximum absolute atomic E-state index is 12.7. The highest BCUT2D eigenvalue weighted by molar-refractivity contribution is 14.0. The van der Waals surface area contributed by atoms with Gasteiger partial charge in [-0.2, -0.15) is 13.2 Å². The fourth-order valence-corrected chi connectivity index (χ4v) is 3.73. The van der Waals surface area contributed by atoms with Crippen LogP contribution in [0.2, 0.25) is 0 Å². The second-order valence-corrected chi connectivity index (χ2v) is 7.28. The molecule has 0 aliphatic carbocycles. The molecule has 1 aliphatic rings. The number of alkyl halides is 3. The van der Waals surface area contributed by atoms with Crippen molar-refractivity contribution in [2.75, 3.05) is 56.0 Å². The van der Waals surface area contributed by atoms with Crippen LogP contribution in [0.5, 0.6) is 0 Å². The van der Waals surface area contributed by atoms with Gasteiger partial charge in [0.15, 0.2) is 5.96 Å². The maximum Gasteiger partial charge on any atom is 0.433 e. The number of piperazine rings is 1. The molecule has 3 heterocycles. The lowest BCUT2D eigenvalue weighted by Crippen LogP contribution is -2.52. The van der Waals surface area contributed by atoms with E-state index in [1.165, 1.54) is 5.00 Å². The van der Waals surface area contributed by atoms with E-state index in [1.54, 1.807) is 11.3 Å². The van der Waals surface area contributed by atoms with Crippen LogP contribution in [0.15, 0.2) is 34.8 Å². The van der Waals surface area contributed by atoms with Crippen LogP contribution in [-0.2, 0) is 6.18 Å². The van der Waals surface area contributed by atoms with Crippen molar-refractivity contribution in [3.8, 4) is 0 Å². The lowest BCUT2D eigenvalue weighted by molar-refractivity contribution is -0.141. The molecule has 1 saturated heterocycles. The van der Waals surface area contributed by atoms with Crippen LogP contribution in [0, 0.1) is 0 Å². The van der Waals surface area contributed by atoms with Crippen molar-refractivity contribution in [2.45, 2.75) is 13.1 Å². The molecule has 7 nitrogen and oxygen atoms in total. The number of aliphatic imine (C=N–C) groups is 1. The van der Waals surface area contributed by atoms with Crippen LogP contribution in [0.1, 0.15) is 12.6 Å². The predicted molar refractivity (Wildman–Crippen MR) is 125 cm³/mol. The van der Waals surface area contributed by atoms with Crippen molar-refractivity contribution in [3.05, 3.63) is 35.5 Å². The smallest absolute Gasteiger partial charge is 0.360 e. The van der Waals surface area contributed by atoms with Gasteiger partial charge in [0.1, 0.15) is 5.69 Å². The second kappa shape index (κ2) is 11.5. The Morgan fingerprint density at radius 1 is 1.23 bits per heavy atom. The molecule has 0 unspecified atom stereocenters. The molecule has 3 rings (SSSR count). The average molecular weight is 555 g/mol. The van der Waals surface area contributed by atoms with Gasteiger partial charge in [0.05, 0.1) is 11.5 Å². The van der Waals surface area contributed by atoms with Gasteiger partial charge < -0.3 is 20.4 Å². The van der Waals surface area contributed by atoms with Gasteiger partial charge in [-0.1, -0.05) is 0 Å². The summed E-state index contributed by atoms with van der Waals surface area (Å²) in [5, 5.41) is 9.44. The van der Waals surface area contributed by atoms with E-state index in [-0.39, 0.29) is 29.9 Å². The number of rotatable bonds is 6. The van der Waals surface area contributed by atoms with Gasteiger partial charge in [0, 0.05) is 45.5 Å². The molecule has 0 bridgehead atoms. The number of hydrogen-bond acceptors (Lipinski definition) is 6. The monoisotopic (exact) mass is 555 g/mol. The number of hydrogen-bond donors (Lipinski definition) is 2. The Morgan fingerprint density at radius 2 is 2.00 bits per heavy atom. The Balaban J connectivity index is 0.00000320. The minimum atomic E-state index is -4.49. The number of aromatic nitrogens is 2. The summed E-state index contributed by atoms with van der Waals surface area (Å²) in [6, 6.07) is 5.03. The van der Waals surface area contributed by atoms with Gasteiger partial charge >= 0.3 is 6.18 Å². The summed E-state index contributed by atoms with van der Waals surface area (Å²) >= 11 is 1.74. The van der Waals surface area contributed by atoms with Gasteiger partial charge in [-0.15, -0.1) is 35.3 Å². The van der Waals surface area contributed by atoms with E-state index >= 15 is 0 Å². The standard InChI is InChI=1S/C18H24F3N7S.HI/c1-2-22-17(28-11-9-27(10-12-28)15-4-3-13-29-15)25-8-7-24-16-23-6-5-14(26-16)18(19,20)21;/h3-6,13H,2,7-12H2,1H3,(H,22,25)(H,23,24,26);1H. The van der Waals surface area contributed by atoms with E-state index in [0.29, 0.717) is 13.1 Å². The highest BCUT2D eigenvalue weighted by Crippen LogP contribution is 2.27. The van der Waals surface area contributed by atoms with Gasteiger partial charge in [-0.25, -0.2) is 9.97 Å². The third-order valence-electron chi connectivity index (χ3n) is 4.33. The Hall–Kier alpha value is -1.83. The molecule has 0 saturated carbocycles. The highest BCUT2D eigenvalue weighted by Gasteiger charge is 2.32. The van der Waals surface area contributed by atoms with Gasteiger partial charge in [0.25, 0.3) is 0 Å². The molecular weight excluding hydrogens is 530 g/mol.